The van der Waals surface area contributed by atoms with Crippen LogP contribution in [0.5, 0.6) is 0 Å². The standard InChI is InChI=1S/C19H22F3NO3/c1-3-11-23(13-15-7-5-4-6-8-15)17(24)12-18(25,19(20,21)22)16-10-9-14(2)26-16/h4-10,25H,3,11-13H2,1-2H3/t18-/m0/s1. The first-order chi connectivity index (χ1) is 12.2. The molecule has 0 unspecified atom stereocenters. The third-order valence-electron chi connectivity index (χ3n) is 4.09. The highest BCUT2D eigenvalue weighted by atomic mass is 19.4. The third-order valence-corrected chi connectivity index (χ3v) is 4.09. The molecule has 1 amide bonds. The molecule has 2 aromatic rings. The Morgan fingerprint density at radius 1 is 1.15 bits per heavy atom. The SMILES string of the molecule is CCCN(Cc1ccccc1)C(=O)C[C@](O)(c1ccc(C)o1)C(F)(F)F. The number of alkyl halides is 3. The zero-order valence-electron chi connectivity index (χ0n) is 14.7. The first-order valence-corrected chi connectivity index (χ1v) is 8.35. The van der Waals surface area contributed by atoms with Crippen LogP contribution in [0.15, 0.2) is 46.9 Å². The number of carbonyl (C=O) groups is 1. The summed E-state index contributed by atoms with van der Waals surface area (Å²) in [6.07, 6.45) is -5.59. The van der Waals surface area contributed by atoms with Gasteiger partial charge in [-0.15, -0.1) is 0 Å². The molecule has 1 heterocycles. The van der Waals surface area contributed by atoms with Gasteiger partial charge in [0.1, 0.15) is 11.5 Å². The van der Waals surface area contributed by atoms with Crippen molar-refractivity contribution < 1.29 is 27.5 Å². The van der Waals surface area contributed by atoms with E-state index in [1.807, 2.05) is 13.0 Å². The summed E-state index contributed by atoms with van der Waals surface area (Å²) in [4.78, 5) is 13.9. The zero-order valence-corrected chi connectivity index (χ0v) is 14.7. The molecule has 2 rings (SSSR count). The number of benzene rings is 1. The van der Waals surface area contributed by atoms with E-state index in [4.69, 9.17) is 4.42 Å². The Bertz CT molecular complexity index is 727. The lowest BCUT2D eigenvalue weighted by Gasteiger charge is -2.31. The Balaban J connectivity index is 2.26. The first kappa shape index (κ1) is 20.0. The van der Waals surface area contributed by atoms with Crippen molar-refractivity contribution in [2.24, 2.45) is 0 Å². The molecular weight excluding hydrogens is 347 g/mol. The predicted molar refractivity (Wildman–Crippen MR) is 90.2 cm³/mol. The van der Waals surface area contributed by atoms with Crippen molar-refractivity contribution in [1.29, 1.82) is 0 Å². The molecule has 26 heavy (non-hydrogen) atoms. The van der Waals surface area contributed by atoms with Crippen LogP contribution in [0.3, 0.4) is 0 Å². The predicted octanol–water partition coefficient (Wildman–Crippen LogP) is 4.17. The number of hydrogen-bond acceptors (Lipinski definition) is 3. The molecule has 0 saturated carbocycles. The van der Waals surface area contributed by atoms with Crippen molar-refractivity contribution in [3.63, 3.8) is 0 Å². The van der Waals surface area contributed by atoms with Crippen molar-refractivity contribution in [2.45, 2.75) is 45.0 Å². The van der Waals surface area contributed by atoms with Crippen LogP contribution in [0, 0.1) is 6.92 Å². The Kier molecular flexibility index (Phi) is 6.13. The number of hydrogen-bond donors (Lipinski definition) is 1. The minimum absolute atomic E-state index is 0.179. The Hall–Kier alpha value is -2.28. The lowest BCUT2D eigenvalue weighted by molar-refractivity contribution is -0.274. The second-order valence-corrected chi connectivity index (χ2v) is 6.25. The molecule has 0 spiro atoms. The minimum atomic E-state index is -5.04. The molecule has 0 radical (unpaired) electrons. The highest BCUT2D eigenvalue weighted by Gasteiger charge is 2.58. The molecule has 0 bridgehead atoms. The van der Waals surface area contributed by atoms with Gasteiger partial charge in [0.2, 0.25) is 11.5 Å². The minimum Gasteiger partial charge on any atom is -0.463 e. The van der Waals surface area contributed by atoms with Gasteiger partial charge in [0.25, 0.3) is 0 Å². The van der Waals surface area contributed by atoms with Crippen LogP contribution in [0.4, 0.5) is 13.2 Å². The highest BCUT2D eigenvalue weighted by Crippen LogP contribution is 2.42. The molecule has 7 heteroatoms. The summed E-state index contributed by atoms with van der Waals surface area (Å²) in [5, 5.41) is 10.3. The van der Waals surface area contributed by atoms with Crippen molar-refractivity contribution in [2.75, 3.05) is 6.54 Å². The maximum atomic E-state index is 13.6. The van der Waals surface area contributed by atoms with Gasteiger partial charge in [0.05, 0.1) is 6.42 Å². The maximum Gasteiger partial charge on any atom is 0.425 e. The van der Waals surface area contributed by atoms with E-state index in [2.05, 4.69) is 0 Å². The van der Waals surface area contributed by atoms with Crippen molar-refractivity contribution in [1.82, 2.24) is 4.90 Å². The van der Waals surface area contributed by atoms with E-state index in [1.54, 1.807) is 24.3 Å². The number of aliphatic hydroxyl groups is 1. The van der Waals surface area contributed by atoms with Gasteiger partial charge in [-0.3, -0.25) is 4.79 Å². The highest BCUT2D eigenvalue weighted by molar-refractivity contribution is 5.77. The Morgan fingerprint density at radius 2 is 1.81 bits per heavy atom. The summed E-state index contributed by atoms with van der Waals surface area (Å²) in [5.74, 6) is -1.23. The molecule has 1 aromatic carbocycles. The normalized spacial score (nSPS) is 14.1. The maximum absolute atomic E-state index is 13.6. The van der Waals surface area contributed by atoms with E-state index in [1.165, 1.54) is 17.9 Å². The van der Waals surface area contributed by atoms with Crippen molar-refractivity contribution in [3.05, 3.63) is 59.5 Å². The number of amides is 1. The molecular formula is C19H22F3NO3. The summed E-state index contributed by atoms with van der Waals surface area (Å²) >= 11 is 0. The molecule has 0 aliphatic carbocycles. The zero-order chi connectivity index (χ0) is 19.4. The fraction of sp³-hybridized carbons (Fsp3) is 0.421. The fourth-order valence-electron chi connectivity index (χ4n) is 2.68. The van der Waals surface area contributed by atoms with Crippen LogP contribution in [-0.2, 0) is 16.9 Å². The molecule has 4 nitrogen and oxygen atoms in total. The summed E-state index contributed by atoms with van der Waals surface area (Å²) in [6, 6.07) is 11.4. The van der Waals surface area contributed by atoms with Crippen LogP contribution < -0.4 is 0 Å². The molecule has 0 saturated heterocycles. The average molecular weight is 369 g/mol. The lowest BCUT2D eigenvalue weighted by atomic mass is 9.94. The summed E-state index contributed by atoms with van der Waals surface area (Å²) in [5.41, 5.74) is -2.56. The molecule has 0 fully saturated rings. The lowest BCUT2D eigenvalue weighted by Crippen LogP contribution is -2.47. The van der Waals surface area contributed by atoms with Gasteiger partial charge in [0, 0.05) is 13.1 Å². The van der Waals surface area contributed by atoms with E-state index >= 15 is 0 Å². The number of halogens is 3. The largest absolute Gasteiger partial charge is 0.463 e. The Morgan fingerprint density at radius 3 is 2.31 bits per heavy atom. The second kappa shape index (κ2) is 7.95. The topological polar surface area (TPSA) is 53.7 Å². The number of nitrogens with zero attached hydrogens (tertiary/aromatic N) is 1. The second-order valence-electron chi connectivity index (χ2n) is 6.25. The molecule has 1 N–H and O–H groups in total. The van der Waals surface area contributed by atoms with Crippen LogP contribution >= 0.6 is 0 Å². The molecule has 0 aliphatic heterocycles. The molecule has 142 valence electrons. The van der Waals surface area contributed by atoms with Gasteiger partial charge in [-0.2, -0.15) is 13.2 Å². The van der Waals surface area contributed by atoms with Crippen LogP contribution in [0.2, 0.25) is 0 Å². The first-order valence-electron chi connectivity index (χ1n) is 8.35. The quantitative estimate of drug-likeness (QED) is 0.797. The number of aryl methyl sites for hydroxylation is 1. The van der Waals surface area contributed by atoms with E-state index in [0.717, 1.165) is 11.6 Å². The summed E-state index contributed by atoms with van der Waals surface area (Å²) in [7, 11) is 0. The van der Waals surface area contributed by atoms with Crippen molar-refractivity contribution in [3.8, 4) is 0 Å². The van der Waals surface area contributed by atoms with Gasteiger partial charge in [-0.25, -0.2) is 0 Å². The Labute approximate surface area is 150 Å². The number of furan rings is 1. The molecule has 1 atom stereocenters. The van der Waals surface area contributed by atoms with Gasteiger partial charge in [-0.05, 0) is 31.0 Å². The van der Waals surface area contributed by atoms with Crippen LogP contribution in [-0.4, -0.2) is 28.6 Å². The third kappa shape index (κ3) is 4.46. The van der Waals surface area contributed by atoms with Crippen molar-refractivity contribution >= 4 is 5.91 Å². The van der Waals surface area contributed by atoms with E-state index < -0.39 is 29.9 Å². The van der Waals surface area contributed by atoms with E-state index in [0.29, 0.717) is 13.0 Å². The monoisotopic (exact) mass is 369 g/mol. The van der Waals surface area contributed by atoms with Gasteiger partial charge >= 0.3 is 6.18 Å². The van der Waals surface area contributed by atoms with Gasteiger partial charge in [-0.1, -0.05) is 37.3 Å². The average Bonchev–Trinajstić information content (AvgIpc) is 3.01. The van der Waals surface area contributed by atoms with Crippen LogP contribution in [0.25, 0.3) is 0 Å². The van der Waals surface area contributed by atoms with Gasteiger partial charge < -0.3 is 14.4 Å². The summed E-state index contributed by atoms with van der Waals surface area (Å²) in [6.45, 7) is 3.77. The van der Waals surface area contributed by atoms with E-state index in [-0.39, 0.29) is 12.3 Å². The fourth-order valence-corrected chi connectivity index (χ4v) is 2.68. The molecule has 1 aromatic heterocycles. The smallest absolute Gasteiger partial charge is 0.425 e. The van der Waals surface area contributed by atoms with Crippen LogP contribution in [0.1, 0.15) is 36.8 Å². The number of carbonyl (C=O) groups excluding carboxylic acids is 1. The van der Waals surface area contributed by atoms with Gasteiger partial charge in [0.15, 0.2) is 0 Å². The molecule has 0 aliphatic rings. The van der Waals surface area contributed by atoms with E-state index in [9.17, 15) is 23.1 Å². The number of rotatable bonds is 7. The summed E-state index contributed by atoms with van der Waals surface area (Å²) < 4.78 is 45.7.